The van der Waals surface area contributed by atoms with Gasteiger partial charge >= 0.3 is 0 Å². The highest BCUT2D eigenvalue weighted by atomic mass is 14.5. The molecule has 3 bridgehead atoms. The fraction of sp³-hybridized carbons (Fsp3) is 0.800. The molecule has 2 fully saturated rings. The zero-order valence-corrected chi connectivity index (χ0v) is 6.29. The second kappa shape index (κ2) is 1.66. The van der Waals surface area contributed by atoms with E-state index < -0.39 is 0 Å². The third kappa shape index (κ3) is 0.574. The molecule has 0 amide bonds. The summed E-state index contributed by atoms with van der Waals surface area (Å²) in [6.07, 6.45) is 11.1. The van der Waals surface area contributed by atoms with Crippen molar-refractivity contribution in [1.29, 1.82) is 0 Å². The molecule has 3 aliphatic rings. The Morgan fingerprint density at radius 1 is 0.900 bits per heavy atom. The molecule has 2 saturated carbocycles. The van der Waals surface area contributed by atoms with Crippen molar-refractivity contribution in [1.82, 2.24) is 0 Å². The smallest absolute Gasteiger partial charge is 0.0202 e. The lowest BCUT2D eigenvalue weighted by Crippen LogP contribution is -2.18. The molecular formula is C10H14. The largest absolute Gasteiger partial charge is 0.0851 e. The zero-order chi connectivity index (χ0) is 6.55. The average Bonchev–Trinajstić information content (AvgIpc) is 2.11. The van der Waals surface area contributed by atoms with Crippen molar-refractivity contribution >= 4 is 0 Å². The van der Waals surface area contributed by atoms with Crippen LogP contribution in [0, 0.1) is 23.7 Å². The van der Waals surface area contributed by atoms with Crippen LogP contribution >= 0.6 is 0 Å². The molecule has 10 heavy (non-hydrogen) atoms. The van der Waals surface area contributed by atoms with Crippen molar-refractivity contribution in [3.05, 3.63) is 12.2 Å². The monoisotopic (exact) mass is 134 g/mol. The van der Waals surface area contributed by atoms with E-state index in [1.54, 1.807) is 6.42 Å². The molecule has 3 rings (SSSR count). The van der Waals surface area contributed by atoms with E-state index >= 15 is 0 Å². The second-order valence-corrected chi connectivity index (χ2v) is 4.38. The van der Waals surface area contributed by atoms with E-state index in [0.717, 1.165) is 23.7 Å². The molecule has 54 valence electrons. The summed E-state index contributed by atoms with van der Waals surface area (Å²) in [5.74, 6) is 4.21. The van der Waals surface area contributed by atoms with Gasteiger partial charge in [0.15, 0.2) is 0 Å². The van der Waals surface area contributed by atoms with Gasteiger partial charge in [-0.1, -0.05) is 12.2 Å². The van der Waals surface area contributed by atoms with Gasteiger partial charge in [-0.2, -0.15) is 0 Å². The predicted molar refractivity (Wildman–Crippen MR) is 41.6 cm³/mol. The summed E-state index contributed by atoms with van der Waals surface area (Å²) in [4.78, 5) is 0. The van der Waals surface area contributed by atoms with E-state index in [-0.39, 0.29) is 0 Å². The number of hydrogen-bond acceptors (Lipinski definition) is 0. The lowest BCUT2D eigenvalue weighted by atomic mass is 9.76. The summed E-state index contributed by atoms with van der Waals surface area (Å²) in [5, 5.41) is 0. The van der Waals surface area contributed by atoms with Crippen LogP contribution in [0.5, 0.6) is 0 Å². The minimum atomic E-state index is 0.988. The maximum absolute atomic E-state index is 2.51. The number of fused-ring (bicyclic) bond motifs is 2. The van der Waals surface area contributed by atoms with E-state index in [1.807, 2.05) is 0 Å². The first-order valence-electron chi connectivity index (χ1n) is 4.60. The molecule has 3 aliphatic carbocycles. The Bertz CT molecular complexity index is 176. The van der Waals surface area contributed by atoms with Crippen LogP contribution in [-0.4, -0.2) is 0 Å². The van der Waals surface area contributed by atoms with Crippen molar-refractivity contribution in [3.63, 3.8) is 0 Å². The number of hydrogen-bond donors (Lipinski definition) is 0. The van der Waals surface area contributed by atoms with E-state index in [4.69, 9.17) is 0 Å². The van der Waals surface area contributed by atoms with Gasteiger partial charge in [-0.05, 0) is 49.4 Å². The Labute approximate surface area is 62.3 Å². The van der Waals surface area contributed by atoms with E-state index in [0.29, 0.717) is 0 Å². The van der Waals surface area contributed by atoms with Crippen LogP contribution < -0.4 is 0 Å². The zero-order valence-electron chi connectivity index (χ0n) is 6.29. The van der Waals surface area contributed by atoms with Crippen molar-refractivity contribution in [2.75, 3.05) is 0 Å². The Balaban J connectivity index is 2.04. The first kappa shape index (κ1) is 5.40. The maximum atomic E-state index is 2.51. The first-order valence-corrected chi connectivity index (χ1v) is 4.60. The van der Waals surface area contributed by atoms with Crippen LogP contribution in [0.3, 0.4) is 0 Å². The van der Waals surface area contributed by atoms with E-state index in [9.17, 15) is 0 Å². The Morgan fingerprint density at radius 2 is 1.90 bits per heavy atom. The maximum Gasteiger partial charge on any atom is -0.0202 e. The van der Waals surface area contributed by atoms with Gasteiger partial charge in [0.1, 0.15) is 0 Å². The van der Waals surface area contributed by atoms with Crippen molar-refractivity contribution in [2.45, 2.75) is 25.7 Å². The molecule has 0 aromatic carbocycles. The standard InChI is InChI=1S/C10H14/c1-2-9-5-8-3-7(1)4-10(9)6-8/h1-2,7-10H,3-6H2. The second-order valence-electron chi connectivity index (χ2n) is 4.38. The van der Waals surface area contributed by atoms with Gasteiger partial charge in [-0.3, -0.25) is 0 Å². The lowest BCUT2D eigenvalue weighted by molar-refractivity contribution is 0.278. The van der Waals surface area contributed by atoms with Gasteiger partial charge in [0.2, 0.25) is 0 Å². The highest BCUT2D eigenvalue weighted by Gasteiger charge is 2.41. The lowest BCUT2D eigenvalue weighted by Gasteiger charge is -2.29. The number of allylic oxidation sites excluding steroid dienone is 2. The first-order chi connectivity index (χ1) is 4.92. The van der Waals surface area contributed by atoms with Gasteiger partial charge in [0, 0.05) is 0 Å². The molecular weight excluding hydrogens is 120 g/mol. The Kier molecular flexibility index (Phi) is 0.898. The van der Waals surface area contributed by atoms with Crippen LogP contribution in [0.2, 0.25) is 0 Å². The van der Waals surface area contributed by atoms with Crippen LogP contribution in [0.4, 0.5) is 0 Å². The van der Waals surface area contributed by atoms with Crippen LogP contribution in [0.15, 0.2) is 12.2 Å². The normalized spacial score (nSPS) is 56.0. The Hall–Kier alpha value is -0.260. The summed E-state index contributed by atoms with van der Waals surface area (Å²) in [6.45, 7) is 0. The molecule has 0 heterocycles. The van der Waals surface area contributed by atoms with Crippen LogP contribution in [0.25, 0.3) is 0 Å². The fourth-order valence-corrected chi connectivity index (χ4v) is 3.35. The predicted octanol–water partition coefficient (Wildman–Crippen LogP) is 2.61. The molecule has 0 spiro atoms. The highest BCUT2D eigenvalue weighted by Crippen LogP contribution is 2.51. The summed E-state index contributed by atoms with van der Waals surface area (Å²) < 4.78 is 0. The van der Waals surface area contributed by atoms with Crippen LogP contribution in [-0.2, 0) is 0 Å². The van der Waals surface area contributed by atoms with Gasteiger partial charge in [0.25, 0.3) is 0 Å². The average molecular weight is 134 g/mol. The summed E-state index contributed by atoms with van der Waals surface area (Å²) in [7, 11) is 0. The van der Waals surface area contributed by atoms with Gasteiger partial charge in [-0.15, -0.1) is 0 Å². The SMILES string of the molecule is C1=CC2CC3CC1CC2C3. The number of rotatable bonds is 0. The van der Waals surface area contributed by atoms with Crippen molar-refractivity contribution in [2.24, 2.45) is 23.7 Å². The highest BCUT2D eigenvalue weighted by molar-refractivity contribution is 5.09. The van der Waals surface area contributed by atoms with Crippen molar-refractivity contribution in [3.8, 4) is 0 Å². The molecule has 0 saturated heterocycles. The minimum Gasteiger partial charge on any atom is -0.0851 e. The van der Waals surface area contributed by atoms with Gasteiger partial charge in [0.05, 0.1) is 0 Å². The fourth-order valence-electron chi connectivity index (χ4n) is 3.35. The summed E-state index contributed by atoms with van der Waals surface area (Å²) in [6, 6.07) is 0. The molecule has 4 atom stereocenters. The Morgan fingerprint density at radius 3 is 2.90 bits per heavy atom. The van der Waals surface area contributed by atoms with Gasteiger partial charge in [-0.25, -0.2) is 0 Å². The van der Waals surface area contributed by atoms with Gasteiger partial charge < -0.3 is 0 Å². The third-order valence-corrected chi connectivity index (χ3v) is 3.72. The molecule has 0 aromatic heterocycles. The summed E-state index contributed by atoms with van der Waals surface area (Å²) >= 11 is 0. The topological polar surface area (TPSA) is 0 Å². The van der Waals surface area contributed by atoms with Crippen LogP contribution in [0.1, 0.15) is 25.7 Å². The molecule has 0 nitrogen and oxygen atoms in total. The molecule has 4 unspecified atom stereocenters. The molecule has 0 aromatic rings. The van der Waals surface area contributed by atoms with E-state index in [1.165, 1.54) is 19.3 Å². The molecule has 0 heteroatoms. The van der Waals surface area contributed by atoms with Crippen molar-refractivity contribution < 1.29 is 0 Å². The summed E-state index contributed by atoms with van der Waals surface area (Å²) in [5.41, 5.74) is 0. The minimum absolute atomic E-state index is 0.988. The third-order valence-electron chi connectivity index (χ3n) is 3.72. The van der Waals surface area contributed by atoms with E-state index in [2.05, 4.69) is 12.2 Å². The molecule has 0 radical (unpaired) electrons. The molecule has 0 aliphatic heterocycles. The quantitative estimate of drug-likeness (QED) is 0.447. The molecule has 0 N–H and O–H groups in total.